The molecule has 4 aromatic rings. The number of nitrogens with zero attached hydrogens (tertiary/aromatic N) is 2. The number of hydrogen-bond acceptors (Lipinski definition) is 4. The van der Waals surface area contributed by atoms with Gasteiger partial charge >= 0.3 is 0 Å². The third-order valence-electron chi connectivity index (χ3n) is 4.83. The van der Waals surface area contributed by atoms with Crippen molar-refractivity contribution in [1.29, 1.82) is 0 Å². The van der Waals surface area contributed by atoms with Gasteiger partial charge in [0.1, 0.15) is 6.61 Å². The summed E-state index contributed by atoms with van der Waals surface area (Å²) in [5.74, 6) is 1.32. The van der Waals surface area contributed by atoms with Crippen molar-refractivity contribution in [2.45, 2.75) is 6.61 Å². The van der Waals surface area contributed by atoms with E-state index in [0.717, 1.165) is 27.0 Å². The first-order valence-electron chi connectivity index (χ1n) is 10.2. The fraction of sp³-hybridized carbons (Fsp3) is 0.0741. The normalized spacial score (nSPS) is 10.8. The van der Waals surface area contributed by atoms with E-state index in [4.69, 9.17) is 14.6 Å². The third kappa shape index (κ3) is 5.37. The molecule has 0 bridgehead atoms. The number of rotatable bonds is 8. The van der Waals surface area contributed by atoms with Crippen LogP contribution >= 0.6 is 15.9 Å². The van der Waals surface area contributed by atoms with Gasteiger partial charge < -0.3 is 9.47 Å². The second-order valence-corrected chi connectivity index (χ2v) is 7.88. The first-order chi connectivity index (χ1) is 15.7. The van der Waals surface area contributed by atoms with Crippen molar-refractivity contribution < 1.29 is 9.47 Å². The molecule has 0 aromatic heterocycles. The van der Waals surface area contributed by atoms with E-state index in [1.165, 1.54) is 0 Å². The molecule has 0 saturated carbocycles. The van der Waals surface area contributed by atoms with Crippen molar-refractivity contribution in [2.24, 2.45) is 5.10 Å². The molecule has 0 fully saturated rings. The summed E-state index contributed by atoms with van der Waals surface area (Å²) in [5.41, 5.74) is 3.92. The van der Waals surface area contributed by atoms with Crippen LogP contribution in [0.1, 0.15) is 11.1 Å². The molecule has 0 spiro atoms. The van der Waals surface area contributed by atoms with Gasteiger partial charge in [-0.2, -0.15) is 5.10 Å². The summed E-state index contributed by atoms with van der Waals surface area (Å²) in [5, 5.41) is 6.68. The van der Waals surface area contributed by atoms with Crippen molar-refractivity contribution >= 4 is 33.5 Å². The maximum absolute atomic E-state index is 6.00. The van der Waals surface area contributed by atoms with E-state index >= 15 is 0 Å². The van der Waals surface area contributed by atoms with Gasteiger partial charge in [0.05, 0.1) is 24.7 Å². The van der Waals surface area contributed by atoms with Gasteiger partial charge in [-0.1, -0.05) is 66.7 Å². The second-order valence-electron chi connectivity index (χ2n) is 7.03. The molecule has 4 rings (SSSR count). The molecule has 5 heteroatoms. The Hall–Kier alpha value is -3.57. The van der Waals surface area contributed by atoms with Crippen LogP contribution in [0.4, 0.5) is 11.4 Å². The van der Waals surface area contributed by atoms with Crippen LogP contribution in [0.5, 0.6) is 11.5 Å². The monoisotopic (exact) mass is 486 g/mol. The molecule has 0 atom stereocenters. The number of hydrogen-bond donors (Lipinski definition) is 0. The van der Waals surface area contributed by atoms with E-state index in [1.54, 1.807) is 7.11 Å². The van der Waals surface area contributed by atoms with Gasteiger partial charge in [0.25, 0.3) is 0 Å². The van der Waals surface area contributed by atoms with E-state index in [0.29, 0.717) is 18.1 Å². The topological polar surface area (TPSA) is 34.1 Å². The molecule has 0 aliphatic rings. The van der Waals surface area contributed by atoms with Gasteiger partial charge in [0, 0.05) is 10.0 Å². The van der Waals surface area contributed by atoms with Crippen molar-refractivity contribution in [1.82, 2.24) is 0 Å². The standard InChI is InChI=1S/C27H23BrN2O2/c1-31-26-17-22(25(28)18-27(26)32-20-21-11-5-2-6-12-21)19-29-30(23-13-7-3-8-14-23)24-15-9-4-10-16-24/h2-19H,20H2,1H3. The van der Waals surface area contributed by atoms with Crippen LogP contribution < -0.4 is 14.5 Å². The molecule has 4 nitrogen and oxygen atoms in total. The van der Waals surface area contributed by atoms with Gasteiger partial charge in [0.15, 0.2) is 11.5 Å². The summed E-state index contributed by atoms with van der Waals surface area (Å²) < 4.78 is 12.5. The molecule has 0 aliphatic carbocycles. The Labute approximate surface area is 196 Å². The lowest BCUT2D eigenvalue weighted by Gasteiger charge is -2.19. The highest BCUT2D eigenvalue weighted by Gasteiger charge is 2.11. The minimum absolute atomic E-state index is 0.465. The molecular formula is C27H23BrN2O2. The van der Waals surface area contributed by atoms with Gasteiger partial charge in [-0.3, -0.25) is 0 Å². The minimum Gasteiger partial charge on any atom is -0.493 e. The zero-order valence-corrected chi connectivity index (χ0v) is 19.3. The molecule has 0 saturated heterocycles. The quantitative estimate of drug-likeness (QED) is 0.195. The van der Waals surface area contributed by atoms with Crippen molar-refractivity contribution in [3.05, 3.63) is 119 Å². The summed E-state index contributed by atoms with van der Waals surface area (Å²) in [7, 11) is 1.64. The Balaban J connectivity index is 1.60. The van der Waals surface area contributed by atoms with E-state index in [9.17, 15) is 0 Å². The Kier molecular flexibility index (Phi) is 7.20. The van der Waals surface area contributed by atoms with E-state index < -0.39 is 0 Å². The van der Waals surface area contributed by atoms with Crippen molar-refractivity contribution in [3.63, 3.8) is 0 Å². The summed E-state index contributed by atoms with van der Waals surface area (Å²) in [6.45, 7) is 0.465. The number of ether oxygens (including phenoxy) is 2. The Bertz CT molecular complexity index is 1130. The molecule has 0 N–H and O–H groups in total. The highest BCUT2D eigenvalue weighted by molar-refractivity contribution is 9.10. The highest BCUT2D eigenvalue weighted by atomic mass is 79.9. The summed E-state index contributed by atoms with van der Waals surface area (Å²) in [6, 6.07) is 34.0. The van der Waals surface area contributed by atoms with Crippen molar-refractivity contribution in [2.75, 3.05) is 12.1 Å². The van der Waals surface area contributed by atoms with E-state index in [1.807, 2.05) is 114 Å². The molecule has 0 heterocycles. The van der Waals surface area contributed by atoms with Gasteiger partial charge in [-0.15, -0.1) is 0 Å². The number of benzene rings is 4. The van der Waals surface area contributed by atoms with Gasteiger partial charge in [0.2, 0.25) is 0 Å². The number of hydrazone groups is 1. The minimum atomic E-state index is 0.465. The molecule has 32 heavy (non-hydrogen) atoms. The molecule has 160 valence electrons. The SMILES string of the molecule is COc1cc(C=NN(c2ccccc2)c2ccccc2)c(Br)cc1OCc1ccccc1. The van der Waals surface area contributed by atoms with Crippen LogP contribution in [0.15, 0.2) is 113 Å². The summed E-state index contributed by atoms with van der Waals surface area (Å²) >= 11 is 3.65. The Morgan fingerprint density at radius 3 is 1.91 bits per heavy atom. The molecular weight excluding hydrogens is 464 g/mol. The molecule has 0 amide bonds. The summed E-state index contributed by atoms with van der Waals surface area (Å²) in [6.07, 6.45) is 1.81. The molecule has 0 unspecified atom stereocenters. The fourth-order valence-electron chi connectivity index (χ4n) is 3.20. The van der Waals surface area contributed by atoms with Crippen LogP contribution in [0.25, 0.3) is 0 Å². The zero-order valence-electron chi connectivity index (χ0n) is 17.7. The average molecular weight is 487 g/mol. The smallest absolute Gasteiger partial charge is 0.162 e. The fourth-order valence-corrected chi connectivity index (χ4v) is 3.62. The van der Waals surface area contributed by atoms with Crippen LogP contribution in [-0.4, -0.2) is 13.3 Å². The molecule has 4 aromatic carbocycles. The third-order valence-corrected chi connectivity index (χ3v) is 5.52. The van der Waals surface area contributed by atoms with Crippen LogP contribution in [0, 0.1) is 0 Å². The first-order valence-corrected chi connectivity index (χ1v) is 11.0. The van der Waals surface area contributed by atoms with Gasteiger partial charge in [-0.05, 0) is 57.9 Å². The lowest BCUT2D eigenvalue weighted by atomic mass is 10.2. The predicted octanol–water partition coefficient (Wildman–Crippen LogP) is 7.21. The maximum atomic E-state index is 6.00. The number of anilines is 2. The van der Waals surface area contributed by atoms with E-state index in [-0.39, 0.29) is 0 Å². The summed E-state index contributed by atoms with van der Waals surface area (Å²) in [4.78, 5) is 0. The molecule has 0 radical (unpaired) electrons. The highest BCUT2D eigenvalue weighted by Crippen LogP contribution is 2.34. The lowest BCUT2D eigenvalue weighted by Crippen LogP contribution is -2.09. The van der Waals surface area contributed by atoms with Crippen molar-refractivity contribution in [3.8, 4) is 11.5 Å². The van der Waals surface area contributed by atoms with Crippen LogP contribution in [-0.2, 0) is 6.61 Å². The number of methoxy groups -OCH3 is 1. The van der Waals surface area contributed by atoms with Crippen LogP contribution in [0.3, 0.4) is 0 Å². The zero-order chi connectivity index (χ0) is 22.2. The average Bonchev–Trinajstić information content (AvgIpc) is 2.86. The lowest BCUT2D eigenvalue weighted by molar-refractivity contribution is 0.284. The molecule has 0 aliphatic heterocycles. The number of para-hydroxylation sites is 2. The number of halogens is 1. The van der Waals surface area contributed by atoms with Crippen LogP contribution in [0.2, 0.25) is 0 Å². The Morgan fingerprint density at radius 2 is 1.34 bits per heavy atom. The predicted molar refractivity (Wildman–Crippen MR) is 134 cm³/mol. The Morgan fingerprint density at radius 1 is 0.781 bits per heavy atom. The maximum Gasteiger partial charge on any atom is 0.162 e. The first kappa shape index (κ1) is 21.7. The second kappa shape index (κ2) is 10.6. The van der Waals surface area contributed by atoms with Gasteiger partial charge in [-0.25, -0.2) is 5.01 Å². The van der Waals surface area contributed by atoms with E-state index in [2.05, 4.69) is 15.9 Å². The largest absolute Gasteiger partial charge is 0.493 e.